The molecular weight excluding hydrogens is 148 g/mol. The molecule has 0 bridgehead atoms. The molecule has 0 aliphatic carbocycles. The summed E-state index contributed by atoms with van der Waals surface area (Å²) in [6.07, 6.45) is 5.37. The summed E-state index contributed by atoms with van der Waals surface area (Å²) < 4.78 is 0. The second-order valence-electron chi connectivity index (χ2n) is 3.90. The first-order valence-electron chi connectivity index (χ1n) is 5.29. The van der Waals surface area contributed by atoms with Crippen LogP contribution < -0.4 is 5.73 Å². The van der Waals surface area contributed by atoms with Gasteiger partial charge in [-0.05, 0) is 44.8 Å². The topological polar surface area (TPSA) is 29.3 Å². The molecule has 2 nitrogen and oxygen atoms in total. The van der Waals surface area contributed by atoms with E-state index in [4.69, 9.17) is 5.73 Å². The second kappa shape index (κ2) is 5.55. The molecule has 0 spiro atoms. The van der Waals surface area contributed by atoms with E-state index >= 15 is 0 Å². The van der Waals surface area contributed by atoms with Crippen molar-refractivity contribution in [3.8, 4) is 0 Å². The van der Waals surface area contributed by atoms with Gasteiger partial charge >= 0.3 is 0 Å². The highest BCUT2D eigenvalue weighted by Gasteiger charge is 2.15. The lowest BCUT2D eigenvalue weighted by molar-refractivity contribution is 0.252. The van der Waals surface area contributed by atoms with Crippen LogP contribution in [0.5, 0.6) is 0 Å². The lowest BCUT2D eigenvalue weighted by Gasteiger charge is -2.22. The number of nitrogens with zero attached hydrogens (tertiary/aromatic N) is 1. The summed E-state index contributed by atoms with van der Waals surface area (Å²) in [6, 6.07) is 0. The Morgan fingerprint density at radius 3 is 2.92 bits per heavy atom. The highest BCUT2D eigenvalue weighted by Crippen LogP contribution is 2.15. The van der Waals surface area contributed by atoms with Crippen molar-refractivity contribution in [1.29, 1.82) is 0 Å². The van der Waals surface area contributed by atoms with Gasteiger partial charge in [0.05, 0.1) is 0 Å². The van der Waals surface area contributed by atoms with Crippen LogP contribution in [0.1, 0.15) is 32.6 Å². The minimum atomic E-state index is 0.763. The normalized spacial score (nSPS) is 27.0. The number of hydrogen-bond donors (Lipinski definition) is 1. The average Bonchev–Trinajstić information content (AvgIpc) is 2.30. The monoisotopic (exact) mass is 170 g/mol. The molecule has 1 rings (SSSR count). The zero-order chi connectivity index (χ0) is 8.81. The minimum Gasteiger partial charge on any atom is -0.330 e. The van der Waals surface area contributed by atoms with Crippen LogP contribution >= 0.6 is 0 Å². The lowest BCUT2D eigenvalue weighted by Crippen LogP contribution is -2.32. The van der Waals surface area contributed by atoms with Crippen molar-refractivity contribution in [3.05, 3.63) is 0 Å². The summed E-state index contributed by atoms with van der Waals surface area (Å²) in [5.41, 5.74) is 5.70. The van der Waals surface area contributed by atoms with Gasteiger partial charge in [-0.2, -0.15) is 0 Å². The Morgan fingerprint density at radius 1 is 1.42 bits per heavy atom. The zero-order valence-electron chi connectivity index (χ0n) is 8.26. The van der Waals surface area contributed by atoms with Gasteiger partial charge in [-0.1, -0.05) is 13.3 Å². The van der Waals surface area contributed by atoms with E-state index in [9.17, 15) is 0 Å². The van der Waals surface area contributed by atoms with Crippen LogP contribution in [0, 0.1) is 5.92 Å². The molecule has 1 fully saturated rings. The van der Waals surface area contributed by atoms with Gasteiger partial charge in [0, 0.05) is 6.54 Å². The summed E-state index contributed by atoms with van der Waals surface area (Å²) in [6.45, 7) is 6.92. The molecule has 0 saturated carbocycles. The Kier molecular flexibility index (Phi) is 4.62. The maximum Gasteiger partial charge on any atom is 0.00217 e. The quantitative estimate of drug-likeness (QED) is 0.695. The first-order chi connectivity index (χ1) is 5.86. The Labute approximate surface area is 76.1 Å². The number of rotatable bonds is 3. The van der Waals surface area contributed by atoms with Gasteiger partial charge in [-0.25, -0.2) is 0 Å². The molecule has 0 aromatic heterocycles. The zero-order valence-corrected chi connectivity index (χ0v) is 8.26. The molecule has 1 unspecified atom stereocenters. The van der Waals surface area contributed by atoms with E-state index in [0.29, 0.717) is 0 Å². The van der Waals surface area contributed by atoms with Gasteiger partial charge in [0.15, 0.2) is 0 Å². The van der Waals surface area contributed by atoms with E-state index in [1.54, 1.807) is 0 Å². The molecule has 1 atom stereocenters. The fourth-order valence-electron chi connectivity index (χ4n) is 2.03. The predicted octanol–water partition coefficient (Wildman–Crippen LogP) is 1.46. The molecule has 0 amide bonds. The Morgan fingerprint density at radius 2 is 2.25 bits per heavy atom. The van der Waals surface area contributed by atoms with E-state index in [1.807, 2.05) is 0 Å². The smallest absolute Gasteiger partial charge is 0.00217 e. The third-order valence-electron chi connectivity index (χ3n) is 2.73. The van der Waals surface area contributed by atoms with E-state index in [1.165, 1.54) is 45.3 Å². The summed E-state index contributed by atoms with van der Waals surface area (Å²) in [4.78, 5) is 2.57. The van der Waals surface area contributed by atoms with Crippen LogP contribution in [0.3, 0.4) is 0 Å². The van der Waals surface area contributed by atoms with Crippen LogP contribution in [0.15, 0.2) is 0 Å². The van der Waals surface area contributed by atoms with Crippen molar-refractivity contribution in [2.45, 2.75) is 32.6 Å². The maximum atomic E-state index is 5.70. The number of nitrogens with two attached hydrogens (primary N) is 1. The van der Waals surface area contributed by atoms with Crippen LogP contribution in [-0.4, -0.2) is 31.1 Å². The molecular formula is C10H22N2. The van der Waals surface area contributed by atoms with E-state index in [-0.39, 0.29) is 0 Å². The van der Waals surface area contributed by atoms with Crippen LogP contribution in [0.25, 0.3) is 0 Å². The molecule has 1 aliphatic rings. The van der Waals surface area contributed by atoms with Crippen LogP contribution in [-0.2, 0) is 0 Å². The standard InChI is InChI=1S/C10H22N2/c1-2-6-12-7-4-3-5-10(8-11)9-12/h10H,2-9,11H2,1H3. The largest absolute Gasteiger partial charge is 0.330 e. The minimum absolute atomic E-state index is 0.763. The average molecular weight is 170 g/mol. The van der Waals surface area contributed by atoms with Crippen molar-refractivity contribution < 1.29 is 0 Å². The number of hydrogen-bond acceptors (Lipinski definition) is 2. The summed E-state index contributed by atoms with van der Waals surface area (Å²) in [5, 5.41) is 0. The van der Waals surface area contributed by atoms with Crippen molar-refractivity contribution in [1.82, 2.24) is 4.90 Å². The van der Waals surface area contributed by atoms with Gasteiger partial charge in [-0.3, -0.25) is 0 Å². The maximum absolute atomic E-state index is 5.70. The fourth-order valence-corrected chi connectivity index (χ4v) is 2.03. The summed E-state index contributed by atoms with van der Waals surface area (Å²) in [7, 11) is 0. The van der Waals surface area contributed by atoms with Gasteiger partial charge in [0.2, 0.25) is 0 Å². The molecule has 0 aromatic rings. The third kappa shape index (κ3) is 3.11. The first kappa shape index (κ1) is 10.0. The second-order valence-corrected chi connectivity index (χ2v) is 3.90. The Hall–Kier alpha value is -0.0800. The molecule has 2 heteroatoms. The fraction of sp³-hybridized carbons (Fsp3) is 1.00. The van der Waals surface area contributed by atoms with E-state index in [0.717, 1.165) is 12.5 Å². The molecule has 2 N–H and O–H groups in total. The highest BCUT2D eigenvalue weighted by atomic mass is 15.1. The Balaban J connectivity index is 2.31. The van der Waals surface area contributed by atoms with E-state index in [2.05, 4.69) is 11.8 Å². The Bertz CT molecular complexity index is 114. The van der Waals surface area contributed by atoms with E-state index < -0.39 is 0 Å². The SMILES string of the molecule is CCCN1CCCCC(CN)C1. The summed E-state index contributed by atoms with van der Waals surface area (Å²) >= 11 is 0. The van der Waals surface area contributed by atoms with Gasteiger partial charge in [0.25, 0.3) is 0 Å². The highest BCUT2D eigenvalue weighted by molar-refractivity contribution is 4.71. The van der Waals surface area contributed by atoms with Crippen molar-refractivity contribution in [2.24, 2.45) is 11.7 Å². The number of likely N-dealkylation sites (tertiary alicyclic amines) is 1. The van der Waals surface area contributed by atoms with Gasteiger partial charge in [-0.15, -0.1) is 0 Å². The first-order valence-corrected chi connectivity index (χ1v) is 5.29. The molecule has 1 aliphatic heterocycles. The van der Waals surface area contributed by atoms with Crippen molar-refractivity contribution in [3.63, 3.8) is 0 Å². The molecule has 0 radical (unpaired) electrons. The molecule has 1 saturated heterocycles. The molecule has 72 valence electrons. The van der Waals surface area contributed by atoms with Crippen LogP contribution in [0.2, 0.25) is 0 Å². The molecule has 0 aromatic carbocycles. The van der Waals surface area contributed by atoms with Gasteiger partial charge < -0.3 is 10.6 Å². The summed E-state index contributed by atoms with van der Waals surface area (Å²) in [5.74, 6) is 0.763. The van der Waals surface area contributed by atoms with Gasteiger partial charge in [0.1, 0.15) is 0 Å². The lowest BCUT2D eigenvalue weighted by atomic mass is 10.0. The van der Waals surface area contributed by atoms with Crippen LogP contribution in [0.4, 0.5) is 0 Å². The predicted molar refractivity (Wildman–Crippen MR) is 53.1 cm³/mol. The molecule has 1 heterocycles. The van der Waals surface area contributed by atoms with Crippen molar-refractivity contribution in [2.75, 3.05) is 26.2 Å². The van der Waals surface area contributed by atoms with Crippen molar-refractivity contribution >= 4 is 0 Å². The third-order valence-corrected chi connectivity index (χ3v) is 2.73. The molecule has 12 heavy (non-hydrogen) atoms.